The van der Waals surface area contributed by atoms with Crippen molar-refractivity contribution in [1.29, 1.82) is 0 Å². The van der Waals surface area contributed by atoms with Gasteiger partial charge < -0.3 is 10.8 Å². The second-order valence-corrected chi connectivity index (χ2v) is 4.32. The van der Waals surface area contributed by atoms with Crippen LogP contribution in [0.25, 0.3) is 0 Å². The lowest BCUT2D eigenvalue weighted by Gasteiger charge is -2.08. The maximum Gasteiger partial charge on any atom is 0.0555 e. The van der Waals surface area contributed by atoms with Crippen molar-refractivity contribution in [3.05, 3.63) is 34.3 Å². The van der Waals surface area contributed by atoms with E-state index in [2.05, 4.69) is 28.1 Å². The zero-order valence-electron chi connectivity index (χ0n) is 8.12. The Hall–Kier alpha value is -0.380. The fraction of sp³-hybridized carbons (Fsp3) is 0.455. The van der Waals surface area contributed by atoms with Gasteiger partial charge in [-0.2, -0.15) is 0 Å². The lowest BCUT2D eigenvalue weighted by Crippen LogP contribution is -2.14. The normalized spacial score (nSPS) is 12.8. The van der Waals surface area contributed by atoms with E-state index in [-0.39, 0.29) is 6.10 Å². The van der Waals surface area contributed by atoms with E-state index >= 15 is 0 Å². The summed E-state index contributed by atoms with van der Waals surface area (Å²) >= 11 is 3.42. The van der Waals surface area contributed by atoms with E-state index in [1.54, 1.807) is 0 Å². The number of benzene rings is 1. The molecule has 0 aliphatic rings. The zero-order valence-corrected chi connectivity index (χ0v) is 9.70. The molecule has 1 aromatic rings. The molecule has 0 heterocycles. The van der Waals surface area contributed by atoms with Gasteiger partial charge in [-0.05, 0) is 43.5 Å². The quantitative estimate of drug-likeness (QED) is 0.849. The molecule has 3 heteroatoms. The topological polar surface area (TPSA) is 46.2 Å². The van der Waals surface area contributed by atoms with Gasteiger partial charge in [-0.3, -0.25) is 0 Å². The number of aryl methyl sites for hydroxylation is 1. The van der Waals surface area contributed by atoms with E-state index in [0.717, 1.165) is 17.3 Å². The molecule has 78 valence electrons. The average molecular weight is 258 g/mol. The van der Waals surface area contributed by atoms with Gasteiger partial charge in [-0.25, -0.2) is 0 Å². The van der Waals surface area contributed by atoms with Crippen molar-refractivity contribution in [2.75, 3.05) is 6.54 Å². The van der Waals surface area contributed by atoms with Crippen molar-refractivity contribution in [2.24, 2.45) is 5.73 Å². The van der Waals surface area contributed by atoms with Crippen LogP contribution in [-0.2, 0) is 6.42 Å². The van der Waals surface area contributed by atoms with Crippen LogP contribution >= 0.6 is 15.9 Å². The molecule has 0 aromatic heterocycles. The van der Waals surface area contributed by atoms with Gasteiger partial charge in [-0.15, -0.1) is 0 Å². The molecule has 2 nitrogen and oxygen atoms in total. The molecule has 3 N–H and O–H groups in total. The van der Waals surface area contributed by atoms with E-state index in [9.17, 15) is 5.11 Å². The van der Waals surface area contributed by atoms with Crippen LogP contribution in [0.2, 0.25) is 0 Å². The first-order valence-corrected chi connectivity index (χ1v) is 5.64. The van der Waals surface area contributed by atoms with Crippen molar-refractivity contribution in [1.82, 2.24) is 0 Å². The first kappa shape index (κ1) is 11.7. The Kier molecular flexibility index (Phi) is 5.15. The minimum atomic E-state index is -0.265. The monoisotopic (exact) mass is 257 g/mol. The number of aliphatic hydroxyl groups is 1. The summed E-state index contributed by atoms with van der Waals surface area (Å²) in [4.78, 5) is 0. The first-order valence-electron chi connectivity index (χ1n) is 4.85. The molecule has 1 rings (SSSR count). The van der Waals surface area contributed by atoms with Gasteiger partial charge in [0.25, 0.3) is 0 Å². The molecule has 14 heavy (non-hydrogen) atoms. The van der Waals surface area contributed by atoms with Crippen molar-refractivity contribution in [3.8, 4) is 0 Å². The molecule has 0 spiro atoms. The third-order valence-electron chi connectivity index (χ3n) is 2.16. The lowest BCUT2D eigenvalue weighted by molar-refractivity contribution is 0.157. The molecular formula is C11H16BrNO. The third kappa shape index (κ3) is 4.22. The van der Waals surface area contributed by atoms with Crippen molar-refractivity contribution in [3.63, 3.8) is 0 Å². The fourth-order valence-electron chi connectivity index (χ4n) is 1.36. The summed E-state index contributed by atoms with van der Waals surface area (Å²) in [5, 5.41) is 9.49. The Morgan fingerprint density at radius 3 is 2.79 bits per heavy atom. The predicted molar refractivity (Wildman–Crippen MR) is 62.1 cm³/mol. The highest BCUT2D eigenvalue weighted by atomic mass is 79.9. The Bertz CT molecular complexity index is 278. The summed E-state index contributed by atoms with van der Waals surface area (Å²) in [5.41, 5.74) is 6.60. The molecule has 0 saturated carbocycles. The van der Waals surface area contributed by atoms with Gasteiger partial charge in [0.1, 0.15) is 0 Å². The van der Waals surface area contributed by atoms with Crippen LogP contribution in [0.5, 0.6) is 0 Å². The molecule has 0 unspecified atom stereocenters. The molecule has 0 aliphatic heterocycles. The number of rotatable bonds is 5. The maximum absolute atomic E-state index is 9.49. The molecule has 1 atom stereocenters. The number of nitrogens with two attached hydrogens (primary N) is 1. The molecule has 0 aliphatic carbocycles. The van der Waals surface area contributed by atoms with Crippen molar-refractivity contribution in [2.45, 2.75) is 25.4 Å². The Labute approximate surface area is 93.3 Å². The predicted octanol–water partition coefficient (Wildman–Crippen LogP) is 2.09. The summed E-state index contributed by atoms with van der Waals surface area (Å²) in [6.45, 7) is 0.555. The van der Waals surface area contributed by atoms with Crippen molar-refractivity contribution >= 4 is 15.9 Å². The van der Waals surface area contributed by atoms with Gasteiger partial charge >= 0.3 is 0 Å². The zero-order chi connectivity index (χ0) is 10.4. The molecule has 1 aromatic carbocycles. The van der Waals surface area contributed by atoms with Gasteiger partial charge in [0.2, 0.25) is 0 Å². The second-order valence-electron chi connectivity index (χ2n) is 3.40. The molecule has 0 radical (unpaired) electrons. The maximum atomic E-state index is 9.49. The fourth-order valence-corrected chi connectivity index (χ4v) is 1.81. The number of halogens is 1. The minimum Gasteiger partial charge on any atom is -0.393 e. The Morgan fingerprint density at radius 1 is 1.36 bits per heavy atom. The summed E-state index contributed by atoms with van der Waals surface area (Å²) in [5.74, 6) is 0. The molecule has 0 fully saturated rings. The molecular weight excluding hydrogens is 242 g/mol. The largest absolute Gasteiger partial charge is 0.393 e. The van der Waals surface area contributed by atoms with Gasteiger partial charge in [0, 0.05) is 4.47 Å². The third-order valence-corrected chi connectivity index (χ3v) is 2.65. The summed E-state index contributed by atoms with van der Waals surface area (Å²) < 4.78 is 1.09. The second kappa shape index (κ2) is 6.17. The highest BCUT2D eigenvalue weighted by Gasteiger charge is 2.03. The van der Waals surface area contributed by atoms with E-state index in [1.165, 1.54) is 5.56 Å². The highest BCUT2D eigenvalue weighted by Crippen LogP contribution is 2.14. The van der Waals surface area contributed by atoms with Crippen LogP contribution in [0.15, 0.2) is 28.7 Å². The van der Waals surface area contributed by atoms with Crippen LogP contribution in [-0.4, -0.2) is 17.8 Å². The summed E-state index contributed by atoms with van der Waals surface area (Å²) in [7, 11) is 0. The van der Waals surface area contributed by atoms with Crippen molar-refractivity contribution < 1.29 is 5.11 Å². The summed E-state index contributed by atoms with van der Waals surface area (Å²) in [6.07, 6.45) is 2.11. The Morgan fingerprint density at radius 2 is 2.14 bits per heavy atom. The number of hydrogen-bond acceptors (Lipinski definition) is 2. The van der Waals surface area contributed by atoms with E-state index in [1.807, 2.05) is 12.1 Å². The smallest absolute Gasteiger partial charge is 0.0555 e. The molecule has 0 saturated heterocycles. The number of hydrogen-bond donors (Lipinski definition) is 2. The Balaban J connectivity index is 2.37. The van der Waals surface area contributed by atoms with Crippen LogP contribution in [0.1, 0.15) is 18.4 Å². The highest BCUT2D eigenvalue weighted by molar-refractivity contribution is 9.10. The SMILES string of the molecule is NCC[C@@H](O)CCc1cccc(Br)c1. The van der Waals surface area contributed by atoms with Gasteiger partial charge in [-0.1, -0.05) is 28.1 Å². The number of aliphatic hydroxyl groups excluding tert-OH is 1. The molecule has 0 amide bonds. The average Bonchev–Trinajstić information content (AvgIpc) is 2.15. The van der Waals surface area contributed by atoms with Crippen LogP contribution in [0.4, 0.5) is 0 Å². The van der Waals surface area contributed by atoms with Gasteiger partial charge in [0.05, 0.1) is 6.10 Å². The first-order chi connectivity index (χ1) is 6.72. The molecule has 0 bridgehead atoms. The standard InChI is InChI=1S/C11H16BrNO/c12-10-3-1-2-9(8-10)4-5-11(14)6-7-13/h1-3,8,11,14H,4-7,13H2/t11-/m0/s1. The van der Waals surface area contributed by atoms with E-state index in [0.29, 0.717) is 13.0 Å². The van der Waals surface area contributed by atoms with E-state index in [4.69, 9.17) is 5.73 Å². The summed E-state index contributed by atoms with van der Waals surface area (Å²) in [6, 6.07) is 8.16. The van der Waals surface area contributed by atoms with Crippen LogP contribution in [0, 0.1) is 0 Å². The van der Waals surface area contributed by atoms with Gasteiger partial charge in [0.15, 0.2) is 0 Å². The van der Waals surface area contributed by atoms with Crippen LogP contribution in [0.3, 0.4) is 0 Å². The minimum absolute atomic E-state index is 0.265. The van der Waals surface area contributed by atoms with Crippen LogP contribution < -0.4 is 5.73 Å². The lowest BCUT2D eigenvalue weighted by atomic mass is 10.1. The van der Waals surface area contributed by atoms with E-state index < -0.39 is 0 Å².